The molecule has 0 spiro atoms. The molecule has 0 saturated carbocycles. The molecule has 0 unspecified atom stereocenters. The summed E-state index contributed by atoms with van der Waals surface area (Å²) in [5, 5.41) is 9.31. The third kappa shape index (κ3) is 5.30. The van der Waals surface area contributed by atoms with E-state index in [2.05, 4.69) is 0 Å². The fourth-order valence-electron chi connectivity index (χ4n) is 2.54. The number of hydrogen-bond acceptors (Lipinski definition) is 6. The van der Waals surface area contributed by atoms with Gasteiger partial charge < -0.3 is 14.0 Å². The molecule has 0 fully saturated rings. The Hall–Kier alpha value is -2.40. The van der Waals surface area contributed by atoms with Crippen LogP contribution in [-0.2, 0) is 20.8 Å². The number of nitrogens with zero attached hydrogens (tertiary/aromatic N) is 2. The number of carbonyl (C=O) groups excluding carboxylic acids is 2. The first-order chi connectivity index (χ1) is 12.9. The van der Waals surface area contributed by atoms with E-state index in [0.29, 0.717) is 22.4 Å². The van der Waals surface area contributed by atoms with Crippen molar-refractivity contribution >= 4 is 40.8 Å². The van der Waals surface area contributed by atoms with Gasteiger partial charge in [-0.3, -0.25) is 4.79 Å². The second-order valence-corrected chi connectivity index (χ2v) is 7.46. The largest absolute Gasteiger partial charge is 0.453 e. The number of rotatable bonds is 8. The van der Waals surface area contributed by atoms with Gasteiger partial charge in [0.15, 0.2) is 6.61 Å². The Morgan fingerprint density at radius 3 is 2.70 bits per heavy atom. The van der Waals surface area contributed by atoms with Crippen LogP contribution in [0.15, 0.2) is 23.8 Å². The van der Waals surface area contributed by atoms with Crippen molar-refractivity contribution in [1.29, 1.82) is 5.26 Å². The number of carbonyl (C=O) groups is 2. The minimum atomic E-state index is -0.838. The molecule has 142 valence electrons. The number of Topliss-reactive ketones (excluding diaryl/α,β-unsaturated/α-hetero) is 1. The van der Waals surface area contributed by atoms with Gasteiger partial charge in [0.1, 0.15) is 11.6 Å². The highest BCUT2D eigenvalue weighted by molar-refractivity contribution is 7.18. The Balaban J connectivity index is 2.10. The van der Waals surface area contributed by atoms with Crippen LogP contribution in [0.3, 0.4) is 0 Å². The van der Waals surface area contributed by atoms with Gasteiger partial charge in [0, 0.05) is 25.0 Å². The Morgan fingerprint density at radius 2 is 2.11 bits per heavy atom. The van der Waals surface area contributed by atoms with Crippen LogP contribution >= 0.6 is 22.9 Å². The third-order valence-corrected chi connectivity index (χ3v) is 5.23. The third-order valence-electron chi connectivity index (χ3n) is 3.95. The van der Waals surface area contributed by atoms with E-state index in [0.717, 1.165) is 28.3 Å². The summed E-state index contributed by atoms with van der Waals surface area (Å²) in [6, 6.07) is 6.89. The summed E-state index contributed by atoms with van der Waals surface area (Å²) in [5.74, 6) is -1.20. The maximum Gasteiger partial charge on any atom is 0.349 e. The molecule has 0 aliphatic rings. The zero-order valence-electron chi connectivity index (χ0n) is 15.2. The molecule has 6 nitrogen and oxygen atoms in total. The van der Waals surface area contributed by atoms with E-state index < -0.39 is 12.6 Å². The normalized spacial score (nSPS) is 11.3. The van der Waals surface area contributed by atoms with Crippen molar-refractivity contribution in [3.63, 3.8) is 0 Å². The number of thiophene rings is 1. The van der Waals surface area contributed by atoms with Crippen molar-refractivity contribution in [1.82, 2.24) is 4.57 Å². The highest BCUT2D eigenvalue weighted by Crippen LogP contribution is 2.22. The highest BCUT2D eigenvalue weighted by atomic mass is 35.5. The summed E-state index contributed by atoms with van der Waals surface area (Å²) < 4.78 is 12.6. The Kier molecular flexibility index (Phi) is 7.36. The van der Waals surface area contributed by atoms with Crippen molar-refractivity contribution in [3.8, 4) is 6.07 Å². The summed E-state index contributed by atoms with van der Waals surface area (Å²) in [6.45, 7) is 4.63. The summed E-state index contributed by atoms with van der Waals surface area (Å²) in [5.41, 5.74) is 2.48. The molecule has 0 aliphatic carbocycles. The highest BCUT2D eigenvalue weighted by Gasteiger charge is 2.17. The predicted octanol–water partition coefficient (Wildman–Crippen LogP) is 3.80. The topological polar surface area (TPSA) is 81.3 Å². The maximum atomic E-state index is 12.2. The molecule has 0 aromatic carbocycles. The van der Waals surface area contributed by atoms with Crippen molar-refractivity contribution in [3.05, 3.63) is 49.9 Å². The van der Waals surface area contributed by atoms with Crippen molar-refractivity contribution in [2.45, 2.75) is 20.4 Å². The van der Waals surface area contributed by atoms with Crippen LogP contribution in [0.2, 0.25) is 4.34 Å². The molecule has 0 atom stereocenters. The lowest BCUT2D eigenvalue weighted by atomic mass is 10.1. The molecule has 0 radical (unpaired) electrons. The molecule has 0 N–H and O–H groups in total. The van der Waals surface area contributed by atoms with E-state index in [-0.39, 0.29) is 11.4 Å². The summed E-state index contributed by atoms with van der Waals surface area (Å²) >= 11 is 6.90. The van der Waals surface area contributed by atoms with Crippen LogP contribution in [0.4, 0.5) is 0 Å². The number of nitriles is 1. The molecule has 2 rings (SSSR count). The molecule has 0 saturated heterocycles. The van der Waals surface area contributed by atoms with Crippen LogP contribution in [0.1, 0.15) is 26.6 Å². The second-order valence-electron chi connectivity index (χ2n) is 5.74. The number of aromatic nitrogens is 1. The number of ether oxygens (including phenoxy) is 2. The minimum Gasteiger partial charge on any atom is -0.453 e. The summed E-state index contributed by atoms with van der Waals surface area (Å²) in [6.07, 6.45) is 1.47. The van der Waals surface area contributed by atoms with Gasteiger partial charge in [0.25, 0.3) is 0 Å². The van der Waals surface area contributed by atoms with Crippen LogP contribution in [0.5, 0.6) is 0 Å². The van der Waals surface area contributed by atoms with Crippen LogP contribution < -0.4 is 0 Å². The van der Waals surface area contributed by atoms with Crippen LogP contribution in [0.25, 0.3) is 6.08 Å². The van der Waals surface area contributed by atoms with Crippen molar-refractivity contribution in [2.24, 2.45) is 0 Å². The first-order valence-corrected chi connectivity index (χ1v) is 9.30. The molecule has 0 aliphatic heterocycles. The molecule has 8 heteroatoms. The Morgan fingerprint density at radius 1 is 1.37 bits per heavy atom. The molecule has 2 aromatic rings. The monoisotopic (exact) mass is 406 g/mol. The van der Waals surface area contributed by atoms with E-state index >= 15 is 0 Å². The Labute approximate surface area is 166 Å². The smallest absolute Gasteiger partial charge is 0.349 e. The number of halogens is 1. The number of esters is 1. The SMILES string of the molecule is COCCn1c(C)cc(/C=C(\C#N)C(=O)OCC(=O)c2ccc(Cl)s2)c1C. The van der Waals surface area contributed by atoms with Crippen LogP contribution in [0, 0.1) is 25.2 Å². The number of aryl methyl sites for hydroxylation is 1. The summed E-state index contributed by atoms with van der Waals surface area (Å²) in [4.78, 5) is 24.6. The average Bonchev–Trinajstić information content (AvgIpc) is 3.19. The number of hydrogen-bond donors (Lipinski definition) is 0. The van der Waals surface area contributed by atoms with Gasteiger partial charge in [0.05, 0.1) is 15.8 Å². The van der Waals surface area contributed by atoms with E-state index in [1.165, 1.54) is 6.08 Å². The van der Waals surface area contributed by atoms with Gasteiger partial charge in [-0.2, -0.15) is 5.26 Å². The average molecular weight is 407 g/mol. The van der Waals surface area contributed by atoms with Gasteiger partial charge in [-0.25, -0.2) is 4.79 Å². The van der Waals surface area contributed by atoms with E-state index in [9.17, 15) is 14.9 Å². The fourth-order valence-corrected chi connectivity index (χ4v) is 3.50. The minimum absolute atomic E-state index is 0.168. The quantitative estimate of drug-likeness (QED) is 0.288. The number of methoxy groups -OCH3 is 1. The first kappa shape index (κ1) is 20.9. The van der Waals surface area contributed by atoms with E-state index in [4.69, 9.17) is 21.1 Å². The lowest BCUT2D eigenvalue weighted by molar-refractivity contribution is -0.137. The predicted molar refractivity (Wildman–Crippen MR) is 104 cm³/mol. The van der Waals surface area contributed by atoms with Gasteiger partial charge >= 0.3 is 5.97 Å². The molecular formula is C19H19ClN2O4S. The van der Waals surface area contributed by atoms with E-state index in [1.54, 1.807) is 19.2 Å². The molecule has 0 bridgehead atoms. The zero-order chi connectivity index (χ0) is 20.0. The lowest BCUT2D eigenvalue weighted by Gasteiger charge is -2.08. The number of ketones is 1. The standard InChI is InChI=1S/C19H19ClN2O4S/c1-12-8-14(13(2)22(12)6-7-25-3)9-15(10-21)19(24)26-11-16(23)17-4-5-18(20)27-17/h4-5,8-9H,6-7,11H2,1-3H3/b15-9+. The first-order valence-electron chi connectivity index (χ1n) is 8.10. The zero-order valence-corrected chi connectivity index (χ0v) is 16.8. The lowest BCUT2D eigenvalue weighted by Crippen LogP contribution is -2.14. The van der Waals surface area contributed by atoms with Crippen molar-refractivity contribution < 1.29 is 19.1 Å². The molecule has 27 heavy (non-hydrogen) atoms. The summed E-state index contributed by atoms with van der Waals surface area (Å²) in [7, 11) is 1.63. The molecule has 2 aromatic heterocycles. The molecule has 0 amide bonds. The fraction of sp³-hybridized carbons (Fsp3) is 0.316. The van der Waals surface area contributed by atoms with Gasteiger partial charge in [-0.05, 0) is 43.7 Å². The van der Waals surface area contributed by atoms with Crippen LogP contribution in [-0.4, -0.2) is 36.6 Å². The van der Waals surface area contributed by atoms with Gasteiger partial charge in [-0.1, -0.05) is 11.6 Å². The van der Waals surface area contributed by atoms with E-state index in [1.807, 2.05) is 30.6 Å². The Bertz CT molecular complexity index is 921. The van der Waals surface area contributed by atoms with Crippen molar-refractivity contribution in [2.75, 3.05) is 20.3 Å². The second kappa shape index (κ2) is 9.51. The maximum absolute atomic E-state index is 12.2. The van der Waals surface area contributed by atoms with Gasteiger partial charge in [0.2, 0.25) is 5.78 Å². The molecule has 2 heterocycles. The molecular weight excluding hydrogens is 388 g/mol. The van der Waals surface area contributed by atoms with Gasteiger partial charge in [-0.15, -0.1) is 11.3 Å².